The van der Waals surface area contributed by atoms with E-state index in [1.165, 1.54) is 24.3 Å². The summed E-state index contributed by atoms with van der Waals surface area (Å²) in [6, 6.07) is 4.06. The van der Waals surface area contributed by atoms with Gasteiger partial charge >= 0.3 is 0 Å². The van der Waals surface area contributed by atoms with Gasteiger partial charge in [-0.15, -0.1) is 0 Å². The van der Waals surface area contributed by atoms with E-state index in [0.29, 0.717) is 11.1 Å². The molecule has 1 rings (SSSR count). The first kappa shape index (κ1) is 12.6. The van der Waals surface area contributed by atoms with E-state index in [-0.39, 0.29) is 11.6 Å². The van der Waals surface area contributed by atoms with Gasteiger partial charge in [-0.05, 0) is 36.8 Å². The van der Waals surface area contributed by atoms with E-state index in [1.54, 1.807) is 6.92 Å². The number of hydrogen-bond acceptors (Lipinski definition) is 1. The van der Waals surface area contributed by atoms with Crippen molar-refractivity contribution >= 4 is 5.78 Å². The summed E-state index contributed by atoms with van der Waals surface area (Å²) in [5, 5.41) is 0. The Morgan fingerprint density at radius 3 is 2.43 bits per heavy atom. The average molecular weight is 194 g/mol. The Balaban J connectivity index is 0.000000791. The molecule has 0 spiro atoms. The van der Waals surface area contributed by atoms with Crippen LogP contribution in [-0.2, 0) is 0 Å². The molecule has 0 atom stereocenters. The van der Waals surface area contributed by atoms with E-state index in [4.69, 9.17) is 0 Å². The van der Waals surface area contributed by atoms with Gasteiger partial charge in [-0.2, -0.15) is 0 Å². The van der Waals surface area contributed by atoms with Crippen LogP contribution >= 0.6 is 0 Å². The summed E-state index contributed by atoms with van der Waals surface area (Å²) >= 11 is 0. The van der Waals surface area contributed by atoms with Crippen molar-refractivity contribution in [2.75, 3.05) is 0 Å². The SMILES string of the molecule is C=CC(=O)c1ccc(F)cc1C.CC. The zero-order valence-corrected chi connectivity index (χ0v) is 8.80. The molecule has 14 heavy (non-hydrogen) atoms. The highest BCUT2D eigenvalue weighted by molar-refractivity contribution is 6.05. The summed E-state index contributed by atoms with van der Waals surface area (Å²) in [6.45, 7) is 9.05. The molecular formula is C12H15FO. The summed E-state index contributed by atoms with van der Waals surface area (Å²) in [6.07, 6.45) is 1.22. The lowest BCUT2D eigenvalue weighted by Gasteiger charge is -2.00. The lowest BCUT2D eigenvalue weighted by molar-refractivity contribution is 0.104. The maximum absolute atomic E-state index is 12.6. The van der Waals surface area contributed by atoms with Crippen molar-refractivity contribution in [3.63, 3.8) is 0 Å². The third-order valence-electron chi connectivity index (χ3n) is 1.64. The third kappa shape index (κ3) is 3.13. The summed E-state index contributed by atoms with van der Waals surface area (Å²) in [4.78, 5) is 11.1. The Hall–Kier alpha value is -1.44. The average Bonchev–Trinajstić information content (AvgIpc) is 2.20. The van der Waals surface area contributed by atoms with Crippen molar-refractivity contribution in [2.45, 2.75) is 20.8 Å². The molecule has 0 saturated heterocycles. The largest absolute Gasteiger partial charge is 0.289 e. The minimum atomic E-state index is -0.326. The van der Waals surface area contributed by atoms with Gasteiger partial charge in [0.05, 0.1) is 0 Å². The van der Waals surface area contributed by atoms with Gasteiger partial charge in [0.2, 0.25) is 0 Å². The number of carbonyl (C=O) groups is 1. The minimum Gasteiger partial charge on any atom is -0.289 e. The second-order valence-corrected chi connectivity index (χ2v) is 2.53. The summed E-state index contributed by atoms with van der Waals surface area (Å²) < 4.78 is 12.6. The van der Waals surface area contributed by atoms with Crippen LogP contribution in [0, 0.1) is 12.7 Å². The van der Waals surface area contributed by atoms with Crippen LogP contribution < -0.4 is 0 Å². The Morgan fingerprint density at radius 1 is 1.43 bits per heavy atom. The topological polar surface area (TPSA) is 17.1 Å². The number of rotatable bonds is 2. The fourth-order valence-electron chi connectivity index (χ4n) is 1.01. The maximum atomic E-state index is 12.6. The molecule has 0 amide bonds. The van der Waals surface area contributed by atoms with Crippen molar-refractivity contribution in [3.8, 4) is 0 Å². The molecule has 0 unspecified atom stereocenters. The minimum absolute atomic E-state index is 0.174. The van der Waals surface area contributed by atoms with Crippen LogP contribution in [0.2, 0.25) is 0 Å². The molecule has 0 aromatic heterocycles. The lowest BCUT2D eigenvalue weighted by atomic mass is 10.1. The van der Waals surface area contributed by atoms with Gasteiger partial charge in [-0.25, -0.2) is 4.39 Å². The Labute approximate surface area is 84.3 Å². The highest BCUT2D eigenvalue weighted by Crippen LogP contribution is 2.10. The highest BCUT2D eigenvalue weighted by Gasteiger charge is 2.04. The van der Waals surface area contributed by atoms with E-state index in [9.17, 15) is 9.18 Å². The van der Waals surface area contributed by atoms with Gasteiger partial charge < -0.3 is 0 Å². The molecular weight excluding hydrogens is 179 g/mol. The van der Waals surface area contributed by atoms with Gasteiger partial charge in [0.25, 0.3) is 0 Å². The maximum Gasteiger partial charge on any atom is 0.185 e. The zero-order chi connectivity index (χ0) is 11.1. The van der Waals surface area contributed by atoms with E-state index in [2.05, 4.69) is 6.58 Å². The Bertz CT molecular complexity index is 329. The second-order valence-electron chi connectivity index (χ2n) is 2.53. The van der Waals surface area contributed by atoms with Crippen LogP contribution in [0.1, 0.15) is 29.8 Å². The molecule has 1 aromatic rings. The molecule has 0 N–H and O–H groups in total. The number of carbonyl (C=O) groups excluding carboxylic acids is 1. The second kappa shape index (κ2) is 6.08. The van der Waals surface area contributed by atoms with Crippen LogP contribution in [0.3, 0.4) is 0 Å². The van der Waals surface area contributed by atoms with E-state index in [1.807, 2.05) is 13.8 Å². The van der Waals surface area contributed by atoms with Gasteiger partial charge in [-0.3, -0.25) is 4.79 Å². The predicted molar refractivity (Wildman–Crippen MR) is 57.0 cm³/mol. The first-order valence-corrected chi connectivity index (χ1v) is 4.58. The molecule has 0 fully saturated rings. The van der Waals surface area contributed by atoms with Crippen LogP contribution in [0.25, 0.3) is 0 Å². The molecule has 1 aromatic carbocycles. The first-order valence-electron chi connectivity index (χ1n) is 4.58. The molecule has 76 valence electrons. The van der Waals surface area contributed by atoms with Gasteiger partial charge in [0.1, 0.15) is 5.82 Å². The van der Waals surface area contributed by atoms with Gasteiger partial charge in [-0.1, -0.05) is 20.4 Å². The smallest absolute Gasteiger partial charge is 0.185 e. The first-order chi connectivity index (χ1) is 6.65. The standard InChI is InChI=1S/C10H9FO.C2H6/c1-3-10(12)9-5-4-8(11)6-7(9)2;1-2/h3-6H,1H2,2H3;1-2H3. The number of allylic oxidation sites excluding steroid dienone is 1. The molecule has 0 aliphatic heterocycles. The Morgan fingerprint density at radius 2 is 2.00 bits per heavy atom. The lowest BCUT2D eigenvalue weighted by Crippen LogP contribution is -1.97. The molecule has 0 radical (unpaired) electrons. The van der Waals surface area contributed by atoms with Crippen LogP contribution in [0.15, 0.2) is 30.9 Å². The van der Waals surface area contributed by atoms with Crippen molar-refractivity contribution in [3.05, 3.63) is 47.8 Å². The van der Waals surface area contributed by atoms with Crippen molar-refractivity contribution < 1.29 is 9.18 Å². The quantitative estimate of drug-likeness (QED) is 0.520. The van der Waals surface area contributed by atoms with Crippen molar-refractivity contribution in [1.29, 1.82) is 0 Å². The molecule has 0 aliphatic rings. The fraction of sp³-hybridized carbons (Fsp3) is 0.250. The fourth-order valence-corrected chi connectivity index (χ4v) is 1.01. The summed E-state index contributed by atoms with van der Waals surface area (Å²) in [7, 11) is 0. The number of aryl methyl sites for hydroxylation is 1. The van der Waals surface area contributed by atoms with Crippen LogP contribution in [0.4, 0.5) is 4.39 Å². The van der Waals surface area contributed by atoms with E-state index in [0.717, 1.165) is 0 Å². The van der Waals surface area contributed by atoms with E-state index < -0.39 is 0 Å². The highest BCUT2D eigenvalue weighted by atomic mass is 19.1. The third-order valence-corrected chi connectivity index (χ3v) is 1.64. The van der Waals surface area contributed by atoms with Crippen molar-refractivity contribution in [2.24, 2.45) is 0 Å². The zero-order valence-electron chi connectivity index (χ0n) is 8.80. The molecule has 0 aliphatic carbocycles. The molecule has 0 heterocycles. The van der Waals surface area contributed by atoms with Crippen LogP contribution in [0.5, 0.6) is 0 Å². The molecule has 2 heteroatoms. The number of hydrogen-bond donors (Lipinski definition) is 0. The summed E-state index contributed by atoms with van der Waals surface area (Å²) in [5.74, 6) is -0.499. The molecule has 0 saturated carbocycles. The van der Waals surface area contributed by atoms with Crippen LogP contribution in [-0.4, -0.2) is 5.78 Å². The van der Waals surface area contributed by atoms with E-state index >= 15 is 0 Å². The molecule has 0 bridgehead atoms. The van der Waals surface area contributed by atoms with Gasteiger partial charge in [0.15, 0.2) is 5.78 Å². The predicted octanol–water partition coefficient (Wildman–Crippen LogP) is 3.53. The summed E-state index contributed by atoms with van der Waals surface area (Å²) in [5.41, 5.74) is 1.14. The van der Waals surface area contributed by atoms with Crippen molar-refractivity contribution in [1.82, 2.24) is 0 Å². The monoisotopic (exact) mass is 194 g/mol. The number of ketones is 1. The number of halogens is 1. The molecule has 1 nitrogen and oxygen atoms in total. The van der Waals surface area contributed by atoms with Gasteiger partial charge in [0, 0.05) is 5.56 Å². The Kier molecular flexibility index (Phi) is 5.46. The number of benzene rings is 1. The normalized spacial score (nSPS) is 8.57.